The van der Waals surface area contributed by atoms with Gasteiger partial charge in [-0.15, -0.1) is 0 Å². The van der Waals surface area contributed by atoms with E-state index < -0.39 is 0 Å². The van der Waals surface area contributed by atoms with E-state index in [4.69, 9.17) is 4.74 Å². The molecule has 0 fully saturated rings. The van der Waals surface area contributed by atoms with Crippen molar-refractivity contribution in [3.8, 4) is 0 Å². The Morgan fingerprint density at radius 3 is 2.40 bits per heavy atom. The predicted octanol–water partition coefficient (Wildman–Crippen LogP) is 3.79. The number of carbonyl (C=O) groups is 1. The van der Waals surface area contributed by atoms with Gasteiger partial charge in [0, 0.05) is 6.42 Å². The normalized spacial score (nSPS) is 12.9. The fourth-order valence-corrected chi connectivity index (χ4v) is 1.39. The smallest absolute Gasteiger partial charge is 0.306 e. The molecule has 90 valence electrons. The fourth-order valence-electron chi connectivity index (χ4n) is 1.39. The maximum Gasteiger partial charge on any atom is 0.306 e. The average molecular weight is 214 g/mol. The zero-order chi connectivity index (χ0) is 11.7. The lowest BCUT2D eigenvalue weighted by molar-refractivity contribution is -0.144. The highest BCUT2D eigenvalue weighted by atomic mass is 16.5. The van der Waals surface area contributed by atoms with Gasteiger partial charge in [-0.05, 0) is 24.7 Å². The molecular formula is C13H26O2. The molecule has 0 saturated carbocycles. The van der Waals surface area contributed by atoms with Crippen LogP contribution in [0.1, 0.15) is 59.8 Å². The van der Waals surface area contributed by atoms with Gasteiger partial charge in [0.05, 0.1) is 6.61 Å². The van der Waals surface area contributed by atoms with Crippen molar-refractivity contribution in [2.24, 2.45) is 11.8 Å². The first kappa shape index (κ1) is 14.5. The van der Waals surface area contributed by atoms with Crippen LogP contribution in [0, 0.1) is 11.8 Å². The highest BCUT2D eigenvalue weighted by Crippen LogP contribution is 2.15. The van der Waals surface area contributed by atoms with E-state index in [1.54, 1.807) is 0 Å². The highest BCUT2D eigenvalue weighted by Gasteiger charge is 2.10. The molecule has 0 radical (unpaired) electrons. The Balaban J connectivity index is 3.49. The predicted molar refractivity (Wildman–Crippen MR) is 63.7 cm³/mol. The highest BCUT2D eigenvalue weighted by molar-refractivity contribution is 5.69. The summed E-state index contributed by atoms with van der Waals surface area (Å²) in [5, 5.41) is 0. The Morgan fingerprint density at radius 2 is 1.87 bits per heavy atom. The SMILES string of the molecule is CCCCOC(=O)CC(C)CCC(C)C. The van der Waals surface area contributed by atoms with Crippen LogP contribution in [0.15, 0.2) is 0 Å². The molecule has 0 heterocycles. The molecule has 0 aliphatic carbocycles. The van der Waals surface area contributed by atoms with Gasteiger partial charge in [-0.3, -0.25) is 4.79 Å². The second-order valence-electron chi connectivity index (χ2n) is 4.85. The molecule has 0 aromatic carbocycles. The van der Waals surface area contributed by atoms with Crippen LogP contribution in [-0.2, 0) is 9.53 Å². The van der Waals surface area contributed by atoms with Crippen molar-refractivity contribution >= 4 is 5.97 Å². The molecule has 0 aromatic heterocycles. The summed E-state index contributed by atoms with van der Waals surface area (Å²) >= 11 is 0. The van der Waals surface area contributed by atoms with Gasteiger partial charge >= 0.3 is 5.97 Å². The van der Waals surface area contributed by atoms with Crippen LogP contribution < -0.4 is 0 Å². The summed E-state index contributed by atoms with van der Waals surface area (Å²) in [6, 6.07) is 0. The van der Waals surface area contributed by atoms with Crippen molar-refractivity contribution in [1.29, 1.82) is 0 Å². The molecule has 0 bridgehead atoms. The maximum atomic E-state index is 11.4. The maximum absolute atomic E-state index is 11.4. The second kappa shape index (κ2) is 8.75. The molecule has 0 saturated heterocycles. The lowest BCUT2D eigenvalue weighted by Gasteiger charge is -2.12. The largest absolute Gasteiger partial charge is 0.466 e. The van der Waals surface area contributed by atoms with Crippen molar-refractivity contribution < 1.29 is 9.53 Å². The number of rotatable bonds is 8. The van der Waals surface area contributed by atoms with E-state index in [9.17, 15) is 4.79 Å². The van der Waals surface area contributed by atoms with Crippen LogP contribution in [0.2, 0.25) is 0 Å². The number of ether oxygens (including phenoxy) is 1. The van der Waals surface area contributed by atoms with Crippen LogP contribution in [-0.4, -0.2) is 12.6 Å². The summed E-state index contributed by atoms with van der Waals surface area (Å²) in [6.45, 7) is 9.24. The Kier molecular flexibility index (Phi) is 8.44. The van der Waals surface area contributed by atoms with Crippen molar-refractivity contribution in [3.05, 3.63) is 0 Å². The van der Waals surface area contributed by atoms with Crippen molar-refractivity contribution in [1.82, 2.24) is 0 Å². The van der Waals surface area contributed by atoms with Gasteiger partial charge in [-0.2, -0.15) is 0 Å². The number of hydrogen-bond donors (Lipinski definition) is 0. The summed E-state index contributed by atoms with van der Waals surface area (Å²) in [7, 11) is 0. The molecule has 0 rings (SSSR count). The molecule has 0 spiro atoms. The monoisotopic (exact) mass is 214 g/mol. The van der Waals surface area contributed by atoms with E-state index in [-0.39, 0.29) is 5.97 Å². The van der Waals surface area contributed by atoms with Crippen molar-refractivity contribution in [3.63, 3.8) is 0 Å². The van der Waals surface area contributed by atoms with Crippen molar-refractivity contribution in [2.75, 3.05) is 6.61 Å². The number of unbranched alkanes of at least 4 members (excludes halogenated alkanes) is 1. The van der Waals surface area contributed by atoms with E-state index in [0.29, 0.717) is 18.9 Å². The number of hydrogen-bond acceptors (Lipinski definition) is 2. The van der Waals surface area contributed by atoms with E-state index >= 15 is 0 Å². The lowest BCUT2D eigenvalue weighted by atomic mass is 9.97. The molecule has 0 N–H and O–H groups in total. The minimum Gasteiger partial charge on any atom is -0.466 e. The van der Waals surface area contributed by atoms with E-state index in [1.807, 2.05) is 0 Å². The van der Waals surface area contributed by atoms with E-state index in [2.05, 4.69) is 27.7 Å². The molecule has 0 aliphatic heterocycles. The average Bonchev–Trinajstić information content (AvgIpc) is 2.15. The molecule has 1 atom stereocenters. The third kappa shape index (κ3) is 9.77. The number of esters is 1. The zero-order valence-corrected chi connectivity index (χ0v) is 10.7. The summed E-state index contributed by atoms with van der Waals surface area (Å²) in [4.78, 5) is 11.4. The standard InChI is InChI=1S/C13H26O2/c1-5-6-9-15-13(14)10-12(4)8-7-11(2)3/h11-12H,5-10H2,1-4H3. The van der Waals surface area contributed by atoms with E-state index in [1.165, 1.54) is 6.42 Å². The quantitative estimate of drug-likeness (QED) is 0.454. The van der Waals surface area contributed by atoms with Gasteiger partial charge in [0.25, 0.3) is 0 Å². The topological polar surface area (TPSA) is 26.3 Å². The van der Waals surface area contributed by atoms with Crippen LogP contribution in [0.5, 0.6) is 0 Å². The summed E-state index contributed by atoms with van der Waals surface area (Å²) < 4.78 is 5.12. The number of carbonyl (C=O) groups excluding carboxylic acids is 1. The molecule has 15 heavy (non-hydrogen) atoms. The van der Waals surface area contributed by atoms with Gasteiger partial charge < -0.3 is 4.74 Å². The summed E-state index contributed by atoms with van der Waals surface area (Å²) in [5.41, 5.74) is 0. The van der Waals surface area contributed by atoms with Crippen LogP contribution in [0.4, 0.5) is 0 Å². The van der Waals surface area contributed by atoms with Crippen LogP contribution >= 0.6 is 0 Å². The van der Waals surface area contributed by atoms with E-state index in [0.717, 1.165) is 25.2 Å². The molecule has 0 aromatic rings. The van der Waals surface area contributed by atoms with Gasteiger partial charge in [0.2, 0.25) is 0 Å². The first-order chi connectivity index (χ1) is 7.06. The lowest BCUT2D eigenvalue weighted by Crippen LogP contribution is -2.11. The minimum absolute atomic E-state index is 0.0280. The second-order valence-corrected chi connectivity index (χ2v) is 4.85. The molecule has 2 heteroatoms. The van der Waals surface area contributed by atoms with Gasteiger partial charge in [-0.25, -0.2) is 0 Å². The fraction of sp³-hybridized carbons (Fsp3) is 0.923. The van der Waals surface area contributed by atoms with Gasteiger partial charge in [0.1, 0.15) is 0 Å². The molecular weight excluding hydrogens is 188 g/mol. The molecule has 2 nitrogen and oxygen atoms in total. The van der Waals surface area contributed by atoms with Crippen LogP contribution in [0.25, 0.3) is 0 Å². The third-order valence-corrected chi connectivity index (χ3v) is 2.51. The summed E-state index contributed by atoms with van der Waals surface area (Å²) in [5.74, 6) is 1.16. The molecule has 1 unspecified atom stereocenters. The third-order valence-electron chi connectivity index (χ3n) is 2.51. The Morgan fingerprint density at radius 1 is 1.20 bits per heavy atom. The molecule has 0 amide bonds. The minimum atomic E-state index is -0.0280. The van der Waals surface area contributed by atoms with Gasteiger partial charge in [0.15, 0.2) is 0 Å². The van der Waals surface area contributed by atoms with Gasteiger partial charge in [-0.1, -0.05) is 40.5 Å². The van der Waals surface area contributed by atoms with Crippen molar-refractivity contribution in [2.45, 2.75) is 59.8 Å². The summed E-state index contributed by atoms with van der Waals surface area (Å²) in [6.07, 6.45) is 4.96. The first-order valence-corrected chi connectivity index (χ1v) is 6.21. The Bertz CT molecular complexity index is 164. The first-order valence-electron chi connectivity index (χ1n) is 6.21. The zero-order valence-electron chi connectivity index (χ0n) is 10.7. The van der Waals surface area contributed by atoms with Crippen LogP contribution in [0.3, 0.4) is 0 Å². The Hall–Kier alpha value is -0.530. The molecule has 0 aliphatic rings. The Labute approximate surface area is 94.4 Å².